The van der Waals surface area contributed by atoms with Crippen molar-refractivity contribution in [2.24, 2.45) is 4.99 Å². The van der Waals surface area contributed by atoms with Crippen LogP contribution in [0.1, 0.15) is 36.1 Å². The molecular formula is C24H36IN3O3. The average Bonchev–Trinajstić information content (AvgIpc) is 2.77. The first-order valence-corrected chi connectivity index (χ1v) is 10.6. The molecule has 0 radical (unpaired) electrons. The highest BCUT2D eigenvalue weighted by molar-refractivity contribution is 14.0. The lowest BCUT2D eigenvalue weighted by Crippen LogP contribution is -2.36. The molecule has 0 unspecified atom stereocenters. The van der Waals surface area contributed by atoms with Crippen molar-refractivity contribution in [1.82, 2.24) is 10.6 Å². The van der Waals surface area contributed by atoms with Gasteiger partial charge in [-0.25, -0.2) is 0 Å². The summed E-state index contributed by atoms with van der Waals surface area (Å²) >= 11 is 0. The summed E-state index contributed by atoms with van der Waals surface area (Å²) in [5, 5.41) is 6.76. The summed E-state index contributed by atoms with van der Waals surface area (Å²) in [5.41, 5.74) is 4.63. The summed E-state index contributed by atoms with van der Waals surface area (Å²) in [7, 11) is 1.77. The summed E-state index contributed by atoms with van der Waals surface area (Å²) in [6.45, 7) is 10.5. The van der Waals surface area contributed by atoms with Gasteiger partial charge in [0.1, 0.15) is 12.4 Å². The van der Waals surface area contributed by atoms with E-state index in [1.807, 2.05) is 26.0 Å². The first-order valence-electron chi connectivity index (χ1n) is 10.6. The molecule has 0 saturated heterocycles. The van der Waals surface area contributed by atoms with Gasteiger partial charge in [-0.05, 0) is 43.5 Å². The standard InChI is InChI=1S/C24H35N3O3.HI/c1-5-28-13-14-30-23-15-19(3)11-12-21(23)17-27-24(25-4)26-16-20-9-7-8-10-22(20)18-29-6-2;/h7-12,15H,5-6,13-14,16-18H2,1-4H3,(H2,25,26,27);1H. The smallest absolute Gasteiger partial charge is 0.191 e. The normalized spacial score (nSPS) is 11.0. The van der Waals surface area contributed by atoms with Gasteiger partial charge in [0.05, 0.1) is 13.2 Å². The summed E-state index contributed by atoms with van der Waals surface area (Å²) in [5.74, 6) is 1.61. The lowest BCUT2D eigenvalue weighted by atomic mass is 10.1. The molecule has 0 heterocycles. The first-order chi connectivity index (χ1) is 14.7. The minimum Gasteiger partial charge on any atom is -0.491 e. The zero-order valence-electron chi connectivity index (χ0n) is 19.1. The molecule has 0 aliphatic carbocycles. The third kappa shape index (κ3) is 9.88. The Morgan fingerprint density at radius 2 is 1.55 bits per heavy atom. The van der Waals surface area contributed by atoms with Crippen molar-refractivity contribution < 1.29 is 14.2 Å². The van der Waals surface area contributed by atoms with Gasteiger partial charge in [0.2, 0.25) is 0 Å². The molecule has 0 amide bonds. The highest BCUT2D eigenvalue weighted by Crippen LogP contribution is 2.20. The van der Waals surface area contributed by atoms with Crippen molar-refractivity contribution in [2.45, 2.75) is 40.5 Å². The molecule has 0 aliphatic rings. The largest absolute Gasteiger partial charge is 0.491 e. The maximum Gasteiger partial charge on any atom is 0.191 e. The molecule has 0 aliphatic heterocycles. The molecule has 0 fully saturated rings. The third-order valence-corrected chi connectivity index (χ3v) is 4.61. The van der Waals surface area contributed by atoms with E-state index < -0.39 is 0 Å². The molecule has 172 valence electrons. The molecule has 2 aromatic rings. The number of hydrogen-bond acceptors (Lipinski definition) is 4. The number of halogens is 1. The summed E-state index contributed by atoms with van der Waals surface area (Å²) in [4.78, 5) is 4.35. The number of rotatable bonds is 12. The van der Waals surface area contributed by atoms with Crippen LogP contribution in [0.4, 0.5) is 0 Å². The number of ether oxygens (including phenoxy) is 3. The van der Waals surface area contributed by atoms with Crippen LogP contribution in [0.5, 0.6) is 5.75 Å². The number of hydrogen-bond donors (Lipinski definition) is 2. The quantitative estimate of drug-likeness (QED) is 0.180. The van der Waals surface area contributed by atoms with Gasteiger partial charge in [-0.15, -0.1) is 24.0 Å². The van der Waals surface area contributed by atoms with Gasteiger partial charge in [0, 0.05) is 38.9 Å². The Hall–Kier alpha value is -1.84. The summed E-state index contributed by atoms with van der Waals surface area (Å²) < 4.78 is 16.9. The monoisotopic (exact) mass is 541 g/mol. The zero-order valence-corrected chi connectivity index (χ0v) is 21.4. The van der Waals surface area contributed by atoms with Crippen molar-refractivity contribution in [3.05, 3.63) is 64.7 Å². The second kappa shape index (κ2) is 15.9. The van der Waals surface area contributed by atoms with Gasteiger partial charge in [0.15, 0.2) is 5.96 Å². The molecule has 6 nitrogen and oxygen atoms in total. The minimum atomic E-state index is 0. The fraction of sp³-hybridized carbons (Fsp3) is 0.458. The highest BCUT2D eigenvalue weighted by atomic mass is 127. The Bertz CT molecular complexity index is 799. The highest BCUT2D eigenvalue weighted by Gasteiger charge is 2.07. The molecule has 0 atom stereocenters. The second-order valence-electron chi connectivity index (χ2n) is 6.84. The maximum absolute atomic E-state index is 5.93. The van der Waals surface area contributed by atoms with E-state index in [9.17, 15) is 0 Å². The number of nitrogens with zero attached hydrogens (tertiary/aromatic N) is 1. The molecular weight excluding hydrogens is 505 g/mol. The van der Waals surface area contributed by atoms with E-state index >= 15 is 0 Å². The van der Waals surface area contributed by atoms with Gasteiger partial charge in [-0.2, -0.15) is 0 Å². The molecule has 7 heteroatoms. The van der Waals surface area contributed by atoms with Crippen LogP contribution >= 0.6 is 24.0 Å². The van der Waals surface area contributed by atoms with E-state index in [-0.39, 0.29) is 24.0 Å². The van der Waals surface area contributed by atoms with Crippen LogP contribution < -0.4 is 15.4 Å². The first kappa shape index (κ1) is 27.2. The third-order valence-electron chi connectivity index (χ3n) is 4.61. The van der Waals surface area contributed by atoms with E-state index in [4.69, 9.17) is 14.2 Å². The Labute approximate surface area is 203 Å². The summed E-state index contributed by atoms with van der Waals surface area (Å²) in [6, 6.07) is 14.5. The number of benzene rings is 2. The molecule has 2 aromatic carbocycles. The van der Waals surface area contributed by atoms with Gasteiger partial charge < -0.3 is 24.8 Å². The van der Waals surface area contributed by atoms with E-state index in [1.165, 1.54) is 16.7 Å². The van der Waals surface area contributed by atoms with Crippen molar-refractivity contribution in [3.63, 3.8) is 0 Å². The summed E-state index contributed by atoms with van der Waals surface area (Å²) in [6.07, 6.45) is 0. The number of aliphatic imine (C=N–C) groups is 1. The maximum atomic E-state index is 5.93. The predicted molar refractivity (Wildman–Crippen MR) is 137 cm³/mol. The predicted octanol–water partition coefficient (Wildman–Crippen LogP) is 4.43. The van der Waals surface area contributed by atoms with Crippen LogP contribution in [-0.4, -0.2) is 39.4 Å². The van der Waals surface area contributed by atoms with Crippen LogP contribution in [-0.2, 0) is 29.2 Å². The van der Waals surface area contributed by atoms with E-state index in [2.05, 4.69) is 52.9 Å². The van der Waals surface area contributed by atoms with Gasteiger partial charge >= 0.3 is 0 Å². The Morgan fingerprint density at radius 1 is 0.871 bits per heavy atom. The van der Waals surface area contributed by atoms with Crippen molar-refractivity contribution in [3.8, 4) is 5.75 Å². The Morgan fingerprint density at radius 3 is 2.23 bits per heavy atom. The van der Waals surface area contributed by atoms with E-state index in [0.29, 0.717) is 46.1 Å². The molecule has 2 rings (SSSR count). The van der Waals surface area contributed by atoms with Crippen LogP contribution in [0.25, 0.3) is 0 Å². The van der Waals surface area contributed by atoms with Crippen molar-refractivity contribution >= 4 is 29.9 Å². The number of nitrogens with one attached hydrogen (secondary N) is 2. The number of guanidine groups is 1. The van der Waals surface area contributed by atoms with Crippen LogP contribution in [0, 0.1) is 6.92 Å². The SMILES string of the molecule is CCOCCOc1cc(C)ccc1CNC(=NC)NCc1ccccc1COCC.I. The molecule has 0 bridgehead atoms. The fourth-order valence-corrected chi connectivity index (χ4v) is 2.96. The van der Waals surface area contributed by atoms with Crippen molar-refractivity contribution in [1.29, 1.82) is 0 Å². The molecule has 0 aromatic heterocycles. The van der Waals surface area contributed by atoms with Crippen molar-refractivity contribution in [2.75, 3.05) is 33.5 Å². The van der Waals surface area contributed by atoms with E-state index in [0.717, 1.165) is 17.3 Å². The number of aryl methyl sites for hydroxylation is 1. The van der Waals surface area contributed by atoms with Crippen LogP contribution in [0.3, 0.4) is 0 Å². The molecule has 0 saturated carbocycles. The van der Waals surface area contributed by atoms with Gasteiger partial charge in [0.25, 0.3) is 0 Å². The Kier molecular flexibility index (Phi) is 13.9. The minimum absolute atomic E-state index is 0. The lowest BCUT2D eigenvalue weighted by Gasteiger charge is -2.16. The fourth-order valence-electron chi connectivity index (χ4n) is 2.96. The molecule has 31 heavy (non-hydrogen) atoms. The molecule has 0 spiro atoms. The topological polar surface area (TPSA) is 64.1 Å². The second-order valence-corrected chi connectivity index (χ2v) is 6.84. The van der Waals surface area contributed by atoms with Gasteiger partial charge in [-0.3, -0.25) is 4.99 Å². The van der Waals surface area contributed by atoms with E-state index in [1.54, 1.807) is 7.05 Å². The van der Waals surface area contributed by atoms with Crippen LogP contribution in [0.15, 0.2) is 47.5 Å². The zero-order chi connectivity index (χ0) is 21.6. The lowest BCUT2D eigenvalue weighted by molar-refractivity contribution is 0.110. The van der Waals surface area contributed by atoms with Crippen LogP contribution in [0.2, 0.25) is 0 Å². The average molecular weight is 541 g/mol. The Balaban J connectivity index is 0.00000480. The molecule has 2 N–H and O–H groups in total. The van der Waals surface area contributed by atoms with Gasteiger partial charge in [-0.1, -0.05) is 36.4 Å².